The maximum Gasteiger partial charge on any atom is 0.0722 e. The summed E-state index contributed by atoms with van der Waals surface area (Å²) in [5.41, 5.74) is 2.65. The minimum Gasteiger partial charge on any atom is -0.318 e. The van der Waals surface area contributed by atoms with E-state index < -0.39 is 0 Å². The number of hydrogen-bond donors (Lipinski definition) is 1. The normalized spacial score (nSPS) is 11.7. The average Bonchev–Trinajstić information content (AvgIpc) is 2.56. The number of nitrogens with one attached hydrogen (secondary N) is 1. The number of hydrogen-bond acceptors (Lipinski definition) is 3. The largest absolute Gasteiger partial charge is 0.318 e. The lowest BCUT2D eigenvalue weighted by Gasteiger charge is -2.21. The van der Waals surface area contributed by atoms with Crippen LogP contribution in [0.4, 0.5) is 0 Å². The smallest absolute Gasteiger partial charge is 0.0722 e. The van der Waals surface area contributed by atoms with Crippen molar-refractivity contribution in [2.45, 2.75) is 32.7 Å². The Morgan fingerprint density at radius 1 is 1.39 bits per heavy atom. The van der Waals surface area contributed by atoms with E-state index >= 15 is 0 Å². The van der Waals surface area contributed by atoms with E-state index in [0.29, 0.717) is 0 Å². The van der Waals surface area contributed by atoms with E-state index in [9.17, 15) is 0 Å². The Labute approximate surface area is 117 Å². The predicted octanol–water partition coefficient (Wildman–Crippen LogP) is 1.79. The molecule has 1 heterocycles. The van der Waals surface area contributed by atoms with Gasteiger partial charge in [-0.25, -0.2) is 0 Å². The van der Waals surface area contributed by atoms with Gasteiger partial charge in [0.25, 0.3) is 0 Å². The minimum absolute atomic E-state index is 0. The van der Waals surface area contributed by atoms with Gasteiger partial charge < -0.3 is 10.2 Å². The summed E-state index contributed by atoms with van der Waals surface area (Å²) in [6.45, 7) is 9.67. The van der Waals surface area contributed by atoms with Crippen molar-refractivity contribution >= 4 is 12.4 Å². The zero-order valence-corrected chi connectivity index (χ0v) is 13.3. The van der Waals surface area contributed by atoms with E-state index in [1.165, 1.54) is 11.3 Å². The second-order valence-corrected chi connectivity index (χ2v) is 5.77. The Balaban J connectivity index is 0.00000289. The monoisotopic (exact) mass is 274 g/mol. The summed E-state index contributed by atoms with van der Waals surface area (Å²) in [6.07, 6.45) is 2.14. The zero-order chi connectivity index (χ0) is 13.1. The molecule has 5 heteroatoms. The van der Waals surface area contributed by atoms with E-state index in [1.54, 1.807) is 0 Å². The average molecular weight is 275 g/mol. The van der Waals surface area contributed by atoms with E-state index in [1.807, 2.05) is 18.8 Å². The molecule has 0 aliphatic rings. The topological polar surface area (TPSA) is 33.1 Å². The van der Waals surface area contributed by atoms with E-state index in [0.717, 1.165) is 19.6 Å². The first-order chi connectivity index (χ1) is 7.84. The third kappa shape index (κ3) is 4.96. The van der Waals surface area contributed by atoms with Gasteiger partial charge in [-0.2, -0.15) is 5.10 Å². The van der Waals surface area contributed by atoms with Gasteiger partial charge in [0.2, 0.25) is 0 Å². The maximum absolute atomic E-state index is 4.59. The lowest BCUT2D eigenvalue weighted by Crippen LogP contribution is -2.28. The van der Waals surface area contributed by atoms with Crippen molar-refractivity contribution in [3.8, 4) is 0 Å². The van der Waals surface area contributed by atoms with Crippen LogP contribution >= 0.6 is 12.4 Å². The molecular formula is C13H27ClN4. The highest BCUT2D eigenvalue weighted by Crippen LogP contribution is 2.24. The Kier molecular flexibility index (Phi) is 6.89. The summed E-state index contributed by atoms with van der Waals surface area (Å²) in [7, 11) is 6.13. The summed E-state index contributed by atoms with van der Waals surface area (Å²) >= 11 is 0. The summed E-state index contributed by atoms with van der Waals surface area (Å²) in [5, 5.41) is 7.76. The van der Waals surface area contributed by atoms with Crippen LogP contribution in [0.1, 0.15) is 32.0 Å². The molecule has 0 saturated carbocycles. The standard InChI is InChI=1S/C13H26N4.ClH/c1-13(2,3)12-11(10-17(6)15-12)9-16(5)8-7-14-4;/h10,14H,7-9H2,1-6H3;1H. The Hall–Kier alpha value is -0.580. The van der Waals surface area contributed by atoms with E-state index in [2.05, 4.69) is 49.3 Å². The molecule has 0 radical (unpaired) electrons. The molecule has 1 rings (SSSR count). The van der Waals surface area contributed by atoms with Gasteiger partial charge in [-0.05, 0) is 14.1 Å². The Morgan fingerprint density at radius 2 is 2.00 bits per heavy atom. The van der Waals surface area contributed by atoms with Gasteiger partial charge in [0.05, 0.1) is 5.69 Å². The molecule has 18 heavy (non-hydrogen) atoms. The molecule has 1 aromatic rings. The van der Waals surface area contributed by atoms with Crippen LogP contribution in [0, 0.1) is 0 Å². The highest BCUT2D eigenvalue weighted by Gasteiger charge is 2.22. The SMILES string of the molecule is CNCCN(C)Cc1cn(C)nc1C(C)(C)C.Cl. The highest BCUT2D eigenvalue weighted by molar-refractivity contribution is 5.85. The van der Waals surface area contributed by atoms with Crippen molar-refractivity contribution < 1.29 is 0 Å². The van der Waals surface area contributed by atoms with Gasteiger partial charge in [0, 0.05) is 43.9 Å². The molecule has 106 valence electrons. The molecule has 0 aliphatic carbocycles. The van der Waals surface area contributed by atoms with Crippen molar-refractivity contribution in [3.05, 3.63) is 17.5 Å². The molecule has 0 unspecified atom stereocenters. The van der Waals surface area contributed by atoms with Gasteiger partial charge in [-0.1, -0.05) is 20.8 Å². The van der Waals surface area contributed by atoms with Crippen molar-refractivity contribution in [2.75, 3.05) is 27.2 Å². The third-order valence-electron chi connectivity index (χ3n) is 2.80. The van der Waals surface area contributed by atoms with Gasteiger partial charge in [0.15, 0.2) is 0 Å². The van der Waals surface area contributed by atoms with Crippen molar-refractivity contribution in [1.82, 2.24) is 20.0 Å². The van der Waals surface area contributed by atoms with E-state index in [4.69, 9.17) is 0 Å². The Morgan fingerprint density at radius 3 is 2.50 bits per heavy atom. The molecule has 0 aromatic carbocycles. The molecule has 0 fully saturated rings. The summed E-state index contributed by atoms with van der Waals surface area (Å²) in [6, 6.07) is 0. The number of rotatable bonds is 5. The number of halogens is 1. The maximum atomic E-state index is 4.59. The lowest BCUT2D eigenvalue weighted by molar-refractivity contribution is 0.325. The molecule has 0 amide bonds. The molecule has 1 aromatic heterocycles. The van der Waals surface area contributed by atoms with Gasteiger partial charge >= 0.3 is 0 Å². The van der Waals surface area contributed by atoms with Gasteiger partial charge in [-0.15, -0.1) is 12.4 Å². The number of aryl methyl sites for hydroxylation is 1. The van der Waals surface area contributed by atoms with Crippen molar-refractivity contribution in [3.63, 3.8) is 0 Å². The van der Waals surface area contributed by atoms with Crippen LogP contribution in [0.2, 0.25) is 0 Å². The first-order valence-electron chi connectivity index (χ1n) is 6.20. The molecule has 4 nitrogen and oxygen atoms in total. The zero-order valence-electron chi connectivity index (χ0n) is 12.4. The molecule has 0 saturated heterocycles. The van der Waals surface area contributed by atoms with Gasteiger partial charge in [-0.3, -0.25) is 4.68 Å². The van der Waals surface area contributed by atoms with Crippen LogP contribution in [0.15, 0.2) is 6.20 Å². The number of likely N-dealkylation sites (N-methyl/N-ethyl adjacent to an activating group) is 2. The third-order valence-corrected chi connectivity index (χ3v) is 2.80. The van der Waals surface area contributed by atoms with Crippen LogP contribution in [0.3, 0.4) is 0 Å². The predicted molar refractivity (Wildman–Crippen MR) is 79.4 cm³/mol. The molecule has 0 spiro atoms. The van der Waals surface area contributed by atoms with Crippen LogP contribution in [0.5, 0.6) is 0 Å². The van der Waals surface area contributed by atoms with Crippen LogP contribution < -0.4 is 5.32 Å². The summed E-state index contributed by atoms with van der Waals surface area (Å²) in [4.78, 5) is 2.32. The number of nitrogens with zero attached hydrogens (tertiary/aromatic N) is 3. The first kappa shape index (κ1) is 17.4. The highest BCUT2D eigenvalue weighted by atomic mass is 35.5. The fraction of sp³-hybridized carbons (Fsp3) is 0.769. The molecular weight excluding hydrogens is 248 g/mol. The number of aromatic nitrogens is 2. The van der Waals surface area contributed by atoms with Crippen LogP contribution in [-0.4, -0.2) is 41.9 Å². The summed E-state index contributed by atoms with van der Waals surface area (Å²) < 4.78 is 1.92. The minimum atomic E-state index is 0. The quantitative estimate of drug-likeness (QED) is 0.889. The second kappa shape index (κ2) is 7.12. The van der Waals surface area contributed by atoms with Crippen LogP contribution in [-0.2, 0) is 19.0 Å². The van der Waals surface area contributed by atoms with Gasteiger partial charge in [0.1, 0.15) is 0 Å². The fourth-order valence-corrected chi connectivity index (χ4v) is 1.96. The lowest BCUT2D eigenvalue weighted by atomic mass is 9.89. The molecule has 0 atom stereocenters. The Bertz CT molecular complexity index is 354. The molecule has 0 aliphatic heterocycles. The molecule has 0 bridgehead atoms. The van der Waals surface area contributed by atoms with Crippen LogP contribution in [0.25, 0.3) is 0 Å². The fourth-order valence-electron chi connectivity index (χ4n) is 1.96. The molecule has 1 N–H and O–H groups in total. The first-order valence-corrected chi connectivity index (χ1v) is 6.20. The van der Waals surface area contributed by atoms with E-state index in [-0.39, 0.29) is 17.8 Å². The summed E-state index contributed by atoms with van der Waals surface area (Å²) in [5.74, 6) is 0. The second-order valence-electron chi connectivity index (χ2n) is 5.77. The van der Waals surface area contributed by atoms with Crippen molar-refractivity contribution in [2.24, 2.45) is 7.05 Å². The van der Waals surface area contributed by atoms with Crippen molar-refractivity contribution in [1.29, 1.82) is 0 Å².